The summed E-state index contributed by atoms with van der Waals surface area (Å²) >= 11 is 0. The van der Waals surface area contributed by atoms with E-state index < -0.39 is 5.91 Å². The van der Waals surface area contributed by atoms with E-state index in [-0.39, 0.29) is 11.9 Å². The lowest BCUT2D eigenvalue weighted by atomic mass is 10.1. The van der Waals surface area contributed by atoms with Crippen molar-refractivity contribution in [3.63, 3.8) is 0 Å². The molecule has 6 heteroatoms. The lowest BCUT2D eigenvalue weighted by Crippen LogP contribution is -2.43. The fourth-order valence-corrected chi connectivity index (χ4v) is 2.21. The summed E-state index contributed by atoms with van der Waals surface area (Å²) in [6.45, 7) is 3.73. The number of nitrogens with one attached hydrogen (secondary N) is 2. The van der Waals surface area contributed by atoms with Gasteiger partial charge < -0.3 is 21.1 Å². The van der Waals surface area contributed by atoms with Crippen LogP contribution in [0.15, 0.2) is 18.2 Å². The van der Waals surface area contributed by atoms with Crippen LogP contribution in [0.5, 0.6) is 0 Å². The fraction of sp³-hybridized carbons (Fsp3) is 0.429. The molecular weight excluding hydrogens is 258 g/mol. The van der Waals surface area contributed by atoms with E-state index in [9.17, 15) is 9.59 Å². The molecule has 0 bridgehead atoms. The number of primary amides is 1. The van der Waals surface area contributed by atoms with Gasteiger partial charge in [0.2, 0.25) is 11.8 Å². The van der Waals surface area contributed by atoms with Crippen molar-refractivity contribution >= 4 is 17.5 Å². The van der Waals surface area contributed by atoms with Crippen LogP contribution in [-0.4, -0.2) is 37.6 Å². The van der Waals surface area contributed by atoms with Gasteiger partial charge in [-0.25, -0.2) is 0 Å². The average molecular weight is 277 g/mol. The minimum absolute atomic E-state index is 0.0309. The first kappa shape index (κ1) is 14.5. The molecular formula is C14H19N3O3. The Balaban J connectivity index is 2.00. The summed E-state index contributed by atoms with van der Waals surface area (Å²) in [5, 5.41) is 6.03. The van der Waals surface area contributed by atoms with Crippen molar-refractivity contribution in [1.82, 2.24) is 5.32 Å². The third kappa shape index (κ3) is 3.55. The molecule has 0 radical (unpaired) electrons. The smallest absolute Gasteiger partial charge is 0.249 e. The Labute approximate surface area is 117 Å². The standard InChI is InChI=1S/C14H19N3O3/c1-9-11(14(15)19)3-2-4-12(9)17-13(18)7-10-8-20-6-5-16-10/h2-4,10,16H,5-8H2,1H3,(H2,15,19)(H,17,18). The van der Waals surface area contributed by atoms with Crippen LogP contribution in [0.1, 0.15) is 22.3 Å². The SMILES string of the molecule is Cc1c(NC(=O)CC2COCCN2)cccc1C(N)=O. The highest BCUT2D eigenvalue weighted by Gasteiger charge is 2.18. The van der Waals surface area contributed by atoms with Crippen LogP contribution in [0.4, 0.5) is 5.69 Å². The minimum atomic E-state index is -0.499. The van der Waals surface area contributed by atoms with Crippen LogP contribution in [0.25, 0.3) is 0 Å². The normalized spacial score (nSPS) is 18.6. The van der Waals surface area contributed by atoms with E-state index in [4.69, 9.17) is 10.5 Å². The zero-order chi connectivity index (χ0) is 14.5. The number of hydrogen-bond acceptors (Lipinski definition) is 4. The largest absolute Gasteiger partial charge is 0.378 e. The van der Waals surface area contributed by atoms with Gasteiger partial charge in [0.05, 0.1) is 13.2 Å². The Hall–Kier alpha value is -1.92. The molecule has 1 aromatic carbocycles. The summed E-state index contributed by atoms with van der Waals surface area (Å²) in [4.78, 5) is 23.3. The molecule has 1 aromatic rings. The van der Waals surface area contributed by atoms with Crippen molar-refractivity contribution < 1.29 is 14.3 Å². The molecule has 4 N–H and O–H groups in total. The van der Waals surface area contributed by atoms with Crippen LogP contribution in [0.3, 0.4) is 0 Å². The van der Waals surface area contributed by atoms with Gasteiger partial charge in [-0.1, -0.05) is 6.07 Å². The molecule has 1 heterocycles. The van der Waals surface area contributed by atoms with Gasteiger partial charge in [0.1, 0.15) is 0 Å². The lowest BCUT2D eigenvalue weighted by molar-refractivity contribution is -0.117. The highest BCUT2D eigenvalue weighted by atomic mass is 16.5. The van der Waals surface area contributed by atoms with Gasteiger partial charge in [-0.15, -0.1) is 0 Å². The van der Waals surface area contributed by atoms with E-state index in [1.807, 2.05) is 0 Å². The van der Waals surface area contributed by atoms with E-state index in [0.29, 0.717) is 36.4 Å². The Bertz CT molecular complexity index is 510. The van der Waals surface area contributed by atoms with Crippen LogP contribution in [0.2, 0.25) is 0 Å². The van der Waals surface area contributed by atoms with Gasteiger partial charge in [-0.3, -0.25) is 9.59 Å². The summed E-state index contributed by atoms with van der Waals surface area (Å²) in [5.41, 5.74) is 7.00. The third-order valence-electron chi connectivity index (χ3n) is 3.30. The first-order valence-electron chi connectivity index (χ1n) is 6.58. The molecule has 20 heavy (non-hydrogen) atoms. The summed E-state index contributed by atoms with van der Waals surface area (Å²) in [5.74, 6) is -0.612. The summed E-state index contributed by atoms with van der Waals surface area (Å²) < 4.78 is 5.30. The number of anilines is 1. The zero-order valence-corrected chi connectivity index (χ0v) is 11.4. The molecule has 2 rings (SSSR count). The Kier molecular flexibility index (Phi) is 4.70. The van der Waals surface area contributed by atoms with Crippen molar-refractivity contribution in [3.05, 3.63) is 29.3 Å². The predicted molar refractivity (Wildman–Crippen MR) is 75.6 cm³/mol. The van der Waals surface area contributed by atoms with Crippen molar-refractivity contribution in [3.8, 4) is 0 Å². The second kappa shape index (κ2) is 6.49. The Morgan fingerprint density at radius 1 is 1.50 bits per heavy atom. The summed E-state index contributed by atoms with van der Waals surface area (Å²) in [6.07, 6.45) is 0.334. The van der Waals surface area contributed by atoms with Crippen molar-refractivity contribution in [2.75, 3.05) is 25.1 Å². The quantitative estimate of drug-likeness (QED) is 0.743. The molecule has 2 amide bonds. The van der Waals surface area contributed by atoms with Gasteiger partial charge in [0.25, 0.3) is 0 Å². The van der Waals surface area contributed by atoms with Gasteiger partial charge in [-0.05, 0) is 24.6 Å². The molecule has 1 aliphatic rings. The first-order valence-corrected chi connectivity index (χ1v) is 6.58. The van der Waals surface area contributed by atoms with Crippen LogP contribution >= 0.6 is 0 Å². The van der Waals surface area contributed by atoms with E-state index in [0.717, 1.165) is 6.54 Å². The zero-order valence-electron chi connectivity index (χ0n) is 11.4. The average Bonchev–Trinajstić information content (AvgIpc) is 2.42. The number of benzene rings is 1. The maximum Gasteiger partial charge on any atom is 0.249 e. The number of rotatable bonds is 4. The third-order valence-corrected chi connectivity index (χ3v) is 3.30. The molecule has 1 aliphatic heterocycles. The predicted octanol–water partition coefficient (Wildman–Crippen LogP) is 0.411. The fourth-order valence-electron chi connectivity index (χ4n) is 2.21. The number of carbonyl (C=O) groups is 2. The topological polar surface area (TPSA) is 93.4 Å². The van der Waals surface area contributed by atoms with E-state index in [1.54, 1.807) is 25.1 Å². The van der Waals surface area contributed by atoms with E-state index in [1.165, 1.54) is 0 Å². The van der Waals surface area contributed by atoms with E-state index in [2.05, 4.69) is 10.6 Å². The Morgan fingerprint density at radius 2 is 2.30 bits per heavy atom. The summed E-state index contributed by atoms with van der Waals surface area (Å²) in [6, 6.07) is 5.13. The van der Waals surface area contributed by atoms with Gasteiger partial charge >= 0.3 is 0 Å². The molecule has 0 saturated carbocycles. The number of amides is 2. The molecule has 1 atom stereocenters. The number of ether oxygens (including phenoxy) is 1. The van der Waals surface area contributed by atoms with Crippen molar-refractivity contribution in [1.29, 1.82) is 0 Å². The molecule has 0 aromatic heterocycles. The molecule has 1 unspecified atom stereocenters. The number of nitrogens with two attached hydrogens (primary N) is 1. The molecule has 1 saturated heterocycles. The van der Waals surface area contributed by atoms with Crippen LogP contribution in [-0.2, 0) is 9.53 Å². The van der Waals surface area contributed by atoms with Crippen molar-refractivity contribution in [2.45, 2.75) is 19.4 Å². The highest BCUT2D eigenvalue weighted by molar-refractivity contribution is 5.98. The number of hydrogen-bond donors (Lipinski definition) is 3. The van der Waals surface area contributed by atoms with E-state index >= 15 is 0 Å². The molecule has 6 nitrogen and oxygen atoms in total. The molecule has 1 fully saturated rings. The molecule has 0 spiro atoms. The maximum atomic E-state index is 12.0. The van der Waals surface area contributed by atoms with Gasteiger partial charge in [0.15, 0.2) is 0 Å². The second-order valence-electron chi connectivity index (χ2n) is 4.82. The highest BCUT2D eigenvalue weighted by Crippen LogP contribution is 2.19. The minimum Gasteiger partial charge on any atom is -0.378 e. The maximum absolute atomic E-state index is 12.0. The lowest BCUT2D eigenvalue weighted by Gasteiger charge is -2.23. The van der Waals surface area contributed by atoms with Crippen LogP contribution < -0.4 is 16.4 Å². The summed E-state index contributed by atoms with van der Waals surface area (Å²) in [7, 11) is 0. The van der Waals surface area contributed by atoms with Crippen molar-refractivity contribution in [2.24, 2.45) is 5.73 Å². The van der Waals surface area contributed by atoms with Gasteiger partial charge in [0, 0.05) is 30.3 Å². The van der Waals surface area contributed by atoms with Crippen LogP contribution in [0, 0.1) is 6.92 Å². The Morgan fingerprint density at radius 3 is 2.95 bits per heavy atom. The molecule has 108 valence electrons. The van der Waals surface area contributed by atoms with Gasteiger partial charge in [-0.2, -0.15) is 0 Å². The number of carbonyl (C=O) groups excluding carboxylic acids is 2. The number of morpholine rings is 1. The second-order valence-corrected chi connectivity index (χ2v) is 4.82. The molecule has 0 aliphatic carbocycles. The first-order chi connectivity index (χ1) is 9.58. The monoisotopic (exact) mass is 277 g/mol.